The average Bonchev–Trinajstić information content (AvgIpc) is 2.55. The van der Waals surface area contributed by atoms with Crippen molar-refractivity contribution in [1.82, 2.24) is 4.90 Å². The maximum atomic E-state index is 13.1. The third-order valence-corrected chi connectivity index (χ3v) is 5.36. The number of carbonyl (C=O) groups excluding carboxylic acids is 1. The SMILES string of the molecule is CN(Cc1cccc(C#N)c1)C(=O)C1(c2ccc(Br)cc2)CCC1. The second-order valence-corrected chi connectivity index (χ2v) is 7.33. The van der Waals surface area contributed by atoms with E-state index in [4.69, 9.17) is 5.26 Å². The Balaban J connectivity index is 1.81. The third kappa shape index (κ3) is 3.09. The Kier molecular flexibility index (Phi) is 4.73. The second-order valence-electron chi connectivity index (χ2n) is 6.42. The van der Waals surface area contributed by atoms with Crippen LogP contribution in [-0.2, 0) is 16.8 Å². The Morgan fingerprint density at radius 2 is 1.96 bits per heavy atom. The van der Waals surface area contributed by atoms with Gasteiger partial charge in [-0.15, -0.1) is 0 Å². The highest BCUT2D eigenvalue weighted by Crippen LogP contribution is 2.45. The molecule has 1 aliphatic rings. The lowest BCUT2D eigenvalue weighted by Gasteiger charge is -2.43. The van der Waals surface area contributed by atoms with Crippen LogP contribution in [0.1, 0.15) is 36.0 Å². The first-order valence-electron chi connectivity index (χ1n) is 8.06. The zero-order chi connectivity index (χ0) is 17.2. The molecule has 0 heterocycles. The van der Waals surface area contributed by atoms with E-state index in [1.54, 1.807) is 11.0 Å². The lowest BCUT2D eigenvalue weighted by molar-refractivity contribution is -0.140. The highest BCUT2D eigenvalue weighted by atomic mass is 79.9. The average molecular weight is 383 g/mol. The fourth-order valence-electron chi connectivity index (χ4n) is 3.38. The van der Waals surface area contributed by atoms with E-state index in [9.17, 15) is 4.79 Å². The Morgan fingerprint density at radius 1 is 1.25 bits per heavy atom. The van der Waals surface area contributed by atoms with Crippen LogP contribution in [0, 0.1) is 11.3 Å². The van der Waals surface area contributed by atoms with Gasteiger partial charge in [-0.2, -0.15) is 5.26 Å². The van der Waals surface area contributed by atoms with Gasteiger partial charge in [0.1, 0.15) is 0 Å². The summed E-state index contributed by atoms with van der Waals surface area (Å²) < 4.78 is 1.02. The summed E-state index contributed by atoms with van der Waals surface area (Å²) in [7, 11) is 1.85. The second kappa shape index (κ2) is 6.78. The molecule has 2 aromatic carbocycles. The zero-order valence-corrected chi connectivity index (χ0v) is 15.2. The first kappa shape index (κ1) is 16.7. The lowest BCUT2D eigenvalue weighted by atomic mass is 9.63. The fraction of sp³-hybridized carbons (Fsp3) is 0.300. The van der Waals surface area contributed by atoms with Crippen LogP contribution in [0.4, 0.5) is 0 Å². The third-order valence-electron chi connectivity index (χ3n) is 4.84. The molecule has 0 saturated heterocycles. The van der Waals surface area contributed by atoms with E-state index >= 15 is 0 Å². The predicted molar refractivity (Wildman–Crippen MR) is 97.3 cm³/mol. The van der Waals surface area contributed by atoms with Gasteiger partial charge in [0.05, 0.1) is 17.0 Å². The molecule has 24 heavy (non-hydrogen) atoms. The number of amides is 1. The number of carbonyl (C=O) groups is 1. The van der Waals surface area contributed by atoms with Gasteiger partial charge in [-0.25, -0.2) is 0 Å². The van der Waals surface area contributed by atoms with E-state index in [2.05, 4.69) is 22.0 Å². The number of hydrogen-bond donors (Lipinski definition) is 0. The minimum atomic E-state index is -0.387. The van der Waals surface area contributed by atoms with Crippen LogP contribution >= 0.6 is 15.9 Å². The summed E-state index contributed by atoms with van der Waals surface area (Å²) >= 11 is 3.45. The van der Waals surface area contributed by atoms with Gasteiger partial charge in [0.2, 0.25) is 5.91 Å². The van der Waals surface area contributed by atoms with Gasteiger partial charge in [0.15, 0.2) is 0 Å². The van der Waals surface area contributed by atoms with Crippen molar-refractivity contribution in [3.05, 3.63) is 69.7 Å². The van der Waals surface area contributed by atoms with E-state index in [1.807, 2.05) is 49.5 Å². The molecule has 0 radical (unpaired) electrons. The maximum Gasteiger partial charge on any atom is 0.233 e. The maximum absolute atomic E-state index is 13.1. The van der Waals surface area contributed by atoms with E-state index in [-0.39, 0.29) is 11.3 Å². The van der Waals surface area contributed by atoms with Crippen molar-refractivity contribution in [3.63, 3.8) is 0 Å². The molecule has 0 spiro atoms. The van der Waals surface area contributed by atoms with Crippen LogP contribution in [0.5, 0.6) is 0 Å². The number of rotatable bonds is 4. The van der Waals surface area contributed by atoms with Gasteiger partial charge < -0.3 is 4.90 Å². The molecule has 1 saturated carbocycles. The van der Waals surface area contributed by atoms with Crippen molar-refractivity contribution >= 4 is 21.8 Å². The summed E-state index contributed by atoms with van der Waals surface area (Å²) in [5.74, 6) is 0.165. The molecule has 1 fully saturated rings. The van der Waals surface area contributed by atoms with Gasteiger partial charge in [-0.1, -0.05) is 46.6 Å². The number of likely N-dealkylation sites (N-methyl/N-ethyl adjacent to an activating group) is 1. The van der Waals surface area contributed by atoms with Crippen LogP contribution in [0.25, 0.3) is 0 Å². The molecule has 0 bridgehead atoms. The summed E-state index contributed by atoms with van der Waals surface area (Å²) in [4.78, 5) is 14.9. The van der Waals surface area contributed by atoms with Crippen LogP contribution in [0.3, 0.4) is 0 Å². The summed E-state index contributed by atoms with van der Waals surface area (Å²) in [6.07, 6.45) is 2.88. The standard InChI is InChI=1S/C20H19BrN2O/c1-23(14-16-5-2-4-15(12-16)13-22)19(24)20(10-3-11-20)17-6-8-18(21)9-7-17/h2,4-9,12H,3,10-11,14H2,1H3. The molecule has 0 N–H and O–H groups in total. The lowest BCUT2D eigenvalue weighted by Crippen LogP contribution is -2.49. The van der Waals surface area contributed by atoms with Crippen LogP contribution in [0.2, 0.25) is 0 Å². The first-order valence-corrected chi connectivity index (χ1v) is 8.85. The van der Waals surface area contributed by atoms with Gasteiger partial charge in [0.25, 0.3) is 0 Å². The van der Waals surface area contributed by atoms with E-state index < -0.39 is 0 Å². The Hall–Kier alpha value is -2.12. The van der Waals surface area contributed by atoms with Crippen molar-refractivity contribution < 1.29 is 4.79 Å². The highest BCUT2D eigenvalue weighted by molar-refractivity contribution is 9.10. The molecule has 0 atom stereocenters. The molecule has 0 aromatic heterocycles. The topological polar surface area (TPSA) is 44.1 Å². The first-order chi connectivity index (χ1) is 11.5. The Labute approximate surface area is 151 Å². The highest BCUT2D eigenvalue weighted by Gasteiger charge is 2.46. The summed E-state index contributed by atoms with van der Waals surface area (Å²) in [6.45, 7) is 0.520. The van der Waals surface area contributed by atoms with Crippen LogP contribution < -0.4 is 0 Å². The van der Waals surface area contributed by atoms with Crippen molar-refractivity contribution in [2.75, 3.05) is 7.05 Å². The molecule has 2 aromatic rings. The summed E-state index contributed by atoms with van der Waals surface area (Å²) in [5, 5.41) is 9.02. The monoisotopic (exact) mass is 382 g/mol. The largest absolute Gasteiger partial charge is 0.341 e. The Morgan fingerprint density at radius 3 is 2.54 bits per heavy atom. The molecule has 4 heteroatoms. The molecule has 3 nitrogen and oxygen atoms in total. The summed E-state index contributed by atoms with van der Waals surface area (Å²) in [6, 6.07) is 17.7. The Bertz CT molecular complexity index is 788. The molecule has 122 valence electrons. The van der Waals surface area contributed by atoms with Gasteiger partial charge in [-0.3, -0.25) is 4.79 Å². The van der Waals surface area contributed by atoms with E-state index in [0.717, 1.165) is 34.9 Å². The van der Waals surface area contributed by atoms with Gasteiger partial charge in [-0.05, 0) is 48.2 Å². The zero-order valence-electron chi connectivity index (χ0n) is 13.6. The van der Waals surface area contributed by atoms with Crippen molar-refractivity contribution in [3.8, 4) is 6.07 Å². The predicted octanol–water partition coefficient (Wildman–Crippen LogP) is 4.40. The molecule has 0 aliphatic heterocycles. The van der Waals surface area contributed by atoms with Gasteiger partial charge in [0, 0.05) is 18.1 Å². The molecule has 1 aliphatic carbocycles. The van der Waals surface area contributed by atoms with Gasteiger partial charge >= 0.3 is 0 Å². The smallest absolute Gasteiger partial charge is 0.233 e. The summed E-state index contributed by atoms with van der Waals surface area (Å²) in [5.41, 5.74) is 2.32. The number of hydrogen-bond acceptors (Lipinski definition) is 2. The molecular formula is C20H19BrN2O. The van der Waals surface area contributed by atoms with Crippen LogP contribution in [-0.4, -0.2) is 17.9 Å². The number of nitriles is 1. The molecular weight excluding hydrogens is 364 g/mol. The number of nitrogens with zero attached hydrogens (tertiary/aromatic N) is 2. The molecule has 3 rings (SSSR count). The van der Waals surface area contributed by atoms with Crippen LogP contribution in [0.15, 0.2) is 53.0 Å². The fourth-order valence-corrected chi connectivity index (χ4v) is 3.64. The normalized spacial score (nSPS) is 15.2. The van der Waals surface area contributed by atoms with Crippen molar-refractivity contribution in [1.29, 1.82) is 5.26 Å². The number of benzene rings is 2. The van der Waals surface area contributed by atoms with E-state index in [0.29, 0.717) is 12.1 Å². The minimum Gasteiger partial charge on any atom is -0.341 e. The molecule has 0 unspecified atom stereocenters. The molecule has 1 amide bonds. The number of halogens is 1. The quantitative estimate of drug-likeness (QED) is 0.786. The van der Waals surface area contributed by atoms with E-state index in [1.165, 1.54) is 0 Å². The van der Waals surface area contributed by atoms with Crippen molar-refractivity contribution in [2.45, 2.75) is 31.2 Å². The van der Waals surface area contributed by atoms with Crippen molar-refractivity contribution in [2.24, 2.45) is 0 Å². The minimum absolute atomic E-state index is 0.165.